The molecule has 0 amide bonds. The lowest BCUT2D eigenvalue weighted by atomic mass is 9.66. The summed E-state index contributed by atoms with van der Waals surface area (Å²) in [6.07, 6.45) is 3.85. The number of carbonyl (C=O) groups is 3. The molecule has 0 radical (unpaired) electrons. The molecular formula is C16H13ClO5. The molecule has 0 heterocycles. The number of carboxylic acids is 2. The highest BCUT2D eigenvalue weighted by Crippen LogP contribution is 2.41. The van der Waals surface area contributed by atoms with Gasteiger partial charge in [0.05, 0.1) is 0 Å². The van der Waals surface area contributed by atoms with Gasteiger partial charge in [-0.15, -0.1) is 0 Å². The molecule has 1 aromatic carbocycles. The van der Waals surface area contributed by atoms with E-state index in [9.17, 15) is 24.6 Å². The maximum Gasteiger partial charge on any atom is 0.331 e. The lowest BCUT2D eigenvalue weighted by Crippen LogP contribution is -2.46. The van der Waals surface area contributed by atoms with E-state index in [1.165, 1.54) is 49.4 Å². The highest BCUT2D eigenvalue weighted by Gasteiger charge is 2.52. The van der Waals surface area contributed by atoms with Crippen molar-refractivity contribution in [3.8, 4) is 0 Å². The van der Waals surface area contributed by atoms with E-state index in [1.807, 2.05) is 0 Å². The summed E-state index contributed by atoms with van der Waals surface area (Å²) in [6, 6.07) is 5.81. The van der Waals surface area contributed by atoms with Gasteiger partial charge in [-0.3, -0.25) is 9.59 Å². The summed E-state index contributed by atoms with van der Waals surface area (Å²) < 4.78 is 0. The van der Waals surface area contributed by atoms with Crippen LogP contribution >= 0.6 is 11.6 Å². The van der Waals surface area contributed by atoms with Gasteiger partial charge in [-0.25, -0.2) is 4.79 Å². The number of carbonyl (C=O) groups excluding carboxylic acids is 1. The summed E-state index contributed by atoms with van der Waals surface area (Å²) in [5, 5.41) is 19.2. The number of rotatable bonds is 4. The Balaban J connectivity index is 2.55. The summed E-state index contributed by atoms with van der Waals surface area (Å²) in [7, 11) is 0. The number of carboxylic acid groups (broad SMARTS) is 2. The highest BCUT2D eigenvalue weighted by atomic mass is 35.5. The number of allylic oxidation sites excluding steroid dienone is 2. The van der Waals surface area contributed by atoms with E-state index >= 15 is 0 Å². The van der Waals surface area contributed by atoms with Crippen LogP contribution in [-0.2, 0) is 9.59 Å². The quantitative estimate of drug-likeness (QED) is 0.657. The van der Waals surface area contributed by atoms with E-state index < -0.39 is 29.1 Å². The van der Waals surface area contributed by atoms with Crippen molar-refractivity contribution < 1.29 is 24.6 Å². The molecule has 22 heavy (non-hydrogen) atoms. The van der Waals surface area contributed by atoms with Crippen LogP contribution in [0.5, 0.6) is 0 Å². The van der Waals surface area contributed by atoms with E-state index in [0.717, 1.165) is 0 Å². The van der Waals surface area contributed by atoms with Gasteiger partial charge in [0.15, 0.2) is 11.2 Å². The van der Waals surface area contributed by atoms with Crippen molar-refractivity contribution in [1.29, 1.82) is 0 Å². The fourth-order valence-electron chi connectivity index (χ4n) is 2.56. The van der Waals surface area contributed by atoms with Gasteiger partial charge < -0.3 is 10.2 Å². The van der Waals surface area contributed by atoms with Crippen LogP contribution in [-0.4, -0.2) is 27.9 Å². The molecule has 0 saturated carbocycles. The molecule has 1 aliphatic rings. The molecule has 2 atom stereocenters. The molecule has 1 aliphatic carbocycles. The maximum atomic E-state index is 12.8. The molecule has 2 unspecified atom stereocenters. The molecule has 0 bridgehead atoms. The van der Waals surface area contributed by atoms with Gasteiger partial charge in [0.25, 0.3) is 0 Å². The van der Waals surface area contributed by atoms with Crippen LogP contribution in [0.15, 0.2) is 48.1 Å². The number of benzene rings is 1. The Hall–Kier alpha value is -2.40. The molecular weight excluding hydrogens is 308 g/mol. The van der Waals surface area contributed by atoms with Crippen LogP contribution in [0.1, 0.15) is 17.3 Å². The van der Waals surface area contributed by atoms with Crippen molar-refractivity contribution in [1.82, 2.24) is 0 Å². The van der Waals surface area contributed by atoms with Crippen LogP contribution < -0.4 is 0 Å². The average Bonchev–Trinajstić information content (AvgIpc) is 2.47. The smallest absolute Gasteiger partial charge is 0.331 e. The highest BCUT2D eigenvalue weighted by molar-refractivity contribution is 6.30. The van der Waals surface area contributed by atoms with Crippen LogP contribution in [0.2, 0.25) is 5.02 Å². The SMILES string of the molecule is CC1C(C(=O)O)=CC=CC1(C(=O)O)C(=O)c1ccc(Cl)cc1. The second-order valence-electron chi connectivity index (χ2n) is 5.02. The van der Waals surface area contributed by atoms with Crippen molar-refractivity contribution in [2.45, 2.75) is 6.92 Å². The zero-order valence-electron chi connectivity index (χ0n) is 11.6. The second-order valence-corrected chi connectivity index (χ2v) is 5.45. The summed E-state index contributed by atoms with van der Waals surface area (Å²) in [5.41, 5.74) is -1.90. The van der Waals surface area contributed by atoms with E-state index in [-0.39, 0.29) is 11.1 Å². The zero-order valence-corrected chi connectivity index (χ0v) is 12.4. The number of ketones is 1. The summed E-state index contributed by atoms with van der Waals surface area (Å²) >= 11 is 5.76. The maximum absolute atomic E-state index is 12.8. The topological polar surface area (TPSA) is 91.7 Å². The zero-order chi connectivity index (χ0) is 16.5. The van der Waals surface area contributed by atoms with Crippen LogP contribution in [0, 0.1) is 11.3 Å². The normalized spacial score (nSPS) is 23.7. The Labute approximate surface area is 131 Å². The van der Waals surface area contributed by atoms with Gasteiger partial charge >= 0.3 is 11.9 Å². The predicted molar refractivity (Wildman–Crippen MR) is 79.9 cm³/mol. The fourth-order valence-corrected chi connectivity index (χ4v) is 2.69. The number of halogens is 1. The standard InChI is InChI=1S/C16H13ClO5/c1-9-12(14(19)20)3-2-8-16(9,15(21)22)13(18)10-4-6-11(17)7-5-10/h2-9H,1H3,(H,19,20)(H,21,22). The third kappa shape index (κ3) is 2.44. The van der Waals surface area contributed by atoms with Crippen molar-refractivity contribution in [3.63, 3.8) is 0 Å². The van der Waals surface area contributed by atoms with Gasteiger partial charge in [0, 0.05) is 22.1 Å². The number of Topliss-reactive ketones (excluding diaryl/α,β-unsaturated/α-hetero) is 1. The lowest BCUT2D eigenvalue weighted by molar-refractivity contribution is -0.145. The molecule has 0 aromatic heterocycles. The first-order valence-electron chi connectivity index (χ1n) is 6.47. The molecule has 0 saturated heterocycles. The van der Waals surface area contributed by atoms with Crippen molar-refractivity contribution >= 4 is 29.3 Å². The Morgan fingerprint density at radius 1 is 1.14 bits per heavy atom. The predicted octanol–water partition coefficient (Wildman–Crippen LogP) is 2.81. The van der Waals surface area contributed by atoms with E-state index in [0.29, 0.717) is 5.02 Å². The molecule has 114 valence electrons. The minimum absolute atomic E-state index is 0.118. The van der Waals surface area contributed by atoms with Crippen molar-refractivity contribution in [2.24, 2.45) is 11.3 Å². The van der Waals surface area contributed by atoms with Crippen molar-refractivity contribution in [3.05, 3.63) is 58.7 Å². The van der Waals surface area contributed by atoms with E-state index in [4.69, 9.17) is 11.6 Å². The van der Waals surface area contributed by atoms with Gasteiger partial charge in [-0.2, -0.15) is 0 Å². The largest absolute Gasteiger partial charge is 0.480 e. The first-order valence-corrected chi connectivity index (χ1v) is 6.85. The van der Waals surface area contributed by atoms with E-state index in [1.54, 1.807) is 0 Å². The molecule has 0 spiro atoms. The Morgan fingerprint density at radius 2 is 1.73 bits per heavy atom. The fraction of sp³-hybridized carbons (Fsp3) is 0.188. The van der Waals surface area contributed by atoms with Gasteiger partial charge in [0.2, 0.25) is 0 Å². The third-order valence-electron chi connectivity index (χ3n) is 3.87. The van der Waals surface area contributed by atoms with Gasteiger partial charge in [-0.1, -0.05) is 36.8 Å². The van der Waals surface area contributed by atoms with Crippen LogP contribution in [0.4, 0.5) is 0 Å². The molecule has 0 fully saturated rings. The summed E-state index contributed by atoms with van der Waals surface area (Å²) in [6.45, 7) is 1.42. The van der Waals surface area contributed by atoms with Gasteiger partial charge in [0.1, 0.15) is 0 Å². The molecule has 1 aromatic rings. The number of hydrogen-bond donors (Lipinski definition) is 2. The monoisotopic (exact) mass is 320 g/mol. The summed E-state index contributed by atoms with van der Waals surface area (Å²) in [4.78, 5) is 35.8. The molecule has 0 aliphatic heterocycles. The molecule has 2 N–H and O–H groups in total. The Bertz CT molecular complexity index is 702. The van der Waals surface area contributed by atoms with Gasteiger partial charge in [-0.05, 0) is 24.3 Å². The molecule has 5 nitrogen and oxygen atoms in total. The first kappa shape index (κ1) is 16.0. The minimum atomic E-state index is -1.95. The van der Waals surface area contributed by atoms with Crippen molar-refractivity contribution in [2.75, 3.05) is 0 Å². The minimum Gasteiger partial charge on any atom is -0.480 e. The average molecular weight is 321 g/mol. The Morgan fingerprint density at radius 3 is 2.23 bits per heavy atom. The first-order chi connectivity index (χ1) is 10.3. The van der Waals surface area contributed by atoms with Crippen LogP contribution in [0.25, 0.3) is 0 Å². The molecule has 2 rings (SSSR count). The van der Waals surface area contributed by atoms with E-state index in [2.05, 4.69) is 0 Å². The number of hydrogen-bond acceptors (Lipinski definition) is 3. The summed E-state index contributed by atoms with van der Waals surface area (Å²) in [5.74, 6) is -4.31. The molecule has 6 heteroatoms. The third-order valence-corrected chi connectivity index (χ3v) is 4.12. The second kappa shape index (κ2) is 5.77. The lowest BCUT2D eigenvalue weighted by Gasteiger charge is -2.33. The number of aliphatic carboxylic acids is 2. The Kier molecular flexibility index (Phi) is 4.19. The van der Waals surface area contributed by atoms with Crippen LogP contribution in [0.3, 0.4) is 0 Å².